The fraction of sp³-hybridized carbons (Fsp3) is 0.700. The minimum absolute atomic E-state index is 0.731. The molecule has 5 nitrogen and oxygen atoms in total. The third-order valence-corrected chi connectivity index (χ3v) is 5.81. The highest BCUT2D eigenvalue weighted by molar-refractivity contribution is 5.33. The average molecular weight is 347 g/mol. The zero-order valence-corrected chi connectivity index (χ0v) is 15.9. The van der Waals surface area contributed by atoms with Gasteiger partial charge in [-0.2, -0.15) is 0 Å². The lowest BCUT2D eigenvalue weighted by Gasteiger charge is -2.40. The van der Waals surface area contributed by atoms with Crippen molar-refractivity contribution in [3.8, 4) is 0 Å². The van der Waals surface area contributed by atoms with Crippen LogP contribution < -0.4 is 5.73 Å². The van der Waals surface area contributed by atoms with Gasteiger partial charge in [0.05, 0.1) is 12.8 Å². The maximum absolute atomic E-state index is 6.10. The molecule has 25 heavy (non-hydrogen) atoms. The molecule has 2 heterocycles. The molecule has 5 heteroatoms. The first-order valence-electron chi connectivity index (χ1n) is 9.76. The zero-order chi connectivity index (χ0) is 17.6. The first kappa shape index (κ1) is 18.3. The van der Waals surface area contributed by atoms with E-state index in [0.717, 1.165) is 37.0 Å². The first-order chi connectivity index (χ1) is 12.2. The van der Waals surface area contributed by atoms with Gasteiger partial charge in [-0.3, -0.25) is 4.90 Å². The standard InChI is InChI=1S/C20H34N4O/c1-22-12-14-24(15-13-22)17-6-3-4-10-23(11-9-17)18-7-5-8-19(21)20(16-18)25-2/h5,7,16-17H,3-4,6,8-15,21H2,1-2H3. The molecular weight excluding hydrogens is 312 g/mol. The van der Waals surface area contributed by atoms with Gasteiger partial charge in [-0.1, -0.05) is 12.5 Å². The molecule has 1 atom stereocenters. The molecule has 0 bridgehead atoms. The molecule has 0 aromatic carbocycles. The maximum Gasteiger partial charge on any atom is 0.139 e. The number of hydrogen-bond acceptors (Lipinski definition) is 5. The summed E-state index contributed by atoms with van der Waals surface area (Å²) in [6, 6.07) is 0.731. The van der Waals surface area contributed by atoms with Crippen LogP contribution in [0.5, 0.6) is 0 Å². The number of methoxy groups -OCH3 is 1. The minimum atomic E-state index is 0.731. The van der Waals surface area contributed by atoms with Gasteiger partial charge in [-0.05, 0) is 32.4 Å². The van der Waals surface area contributed by atoms with Crippen LogP contribution in [0.4, 0.5) is 0 Å². The molecule has 1 unspecified atom stereocenters. The highest BCUT2D eigenvalue weighted by atomic mass is 16.5. The van der Waals surface area contributed by atoms with Crippen LogP contribution in [0.2, 0.25) is 0 Å². The van der Waals surface area contributed by atoms with Gasteiger partial charge >= 0.3 is 0 Å². The monoisotopic (exact) mass is 346 g/mol. The fourth-order valence-electron chi connectivity index (χ4n) is 4.12. The number of allylic oxidation sites excluding steroid dienone is 3. The number of likely N-dealkylation sites (tertiary alicyclic amines) is 1. The van der Waals surface area contributed by atoms with Gasteiger partial charge in [-0.15, -0.1) is 0 Å². The molecule has 1 aliphatic carbocycles. The molecule has 2 aliphatic heterocycles. The summed E-state index contributed by atoms with van der Waals surface area (Å²) in [7, 11) is 3.94. The van der Waals surface area contributed by atoms with E-state index in [4.69, 9.17) is 10.5 Å². The smallest absolute Gasteiger partial charge is 0.139 e. The van der Waals surface area contributed by atoms with E-state index in [1.165, 1.54) is 57.6 Å². The lowest BCUT2D eigenvalue weighted by molar-refractivity contribution is 0.0903. The van der Waals surface area contributed by atoms with Crippen LogP contribution in [-0.4, -0.2) is 74.2 Å². The van der Waals surface area contributed by atoms with Crippen LogP contribution in [0.3, 0.4) is 0 Å². The topological polar surface area (TPSA) is 45.0 Å². The predicted octanol–water partition coefficient (Wildman–Crippen LogP) is 2.14. The second kappa shape index (κ2) is 8.77. The van der Waals surface area contributed by atoms with Crippen molar-refractivity contribution < 1.29 is 4.74 Å². The third-order valence-electron chi connectivity index (χ3n) is 5.81. The minimum Gasteiger partial charge on any atom is -0.495 e. The van der Waals surface area contributed by atoms with E-state index in [2.05, 4.69) is 40.0 Å². The largest absolute Gasteiger partial charge is 0.495 e. The second-order valence-electron chi connectivity index (χ2n) is 7.53. The van der Waals surface area contributed by atoms with E-state index in [9.17, 15) is 0 Å². The molecule has 140 valence electrons. The number of nitrogens with zero attached hydrogens (tertiary/aromatic N) is 3. The SMILES string of the molecule is COC1=C(N)CC=CC(N2CCCCC(N3CCN(C)CC3)CC2)=C1. The van der Waals surface area contributed by atoms with E-state index < -0.39 is 0 Å². The molecule has 2 fully saturated rings. The van der Waals surface area contributed by atoms with Crippen LogP contribution in [0.25, 0.3) is 0 Å². The van der Waals surface area contributed by atoms with Gasteiger partial charge in [0, 0.05) is 63.5 Å². The van der Waals surface area contributed by atoms with Crippen molar-refractivity contribution in [2.24, 2.45) is 5.73 Å². The zero-order valence-electron chi connectivity index (χ0n) is 15.9. The summed E-state index contributed by atoms with van der Waals surface area (Å²) >= 11 is 0. The Hall–Kier alpha value is -1.46. The highest BCUT2D eigenvalue weighted by Crippen LogP contribution is 2.23. The fourth-order valence-corrected chi connectivity index (χ4v) is 4.12. The van der Waals surface area contributed by atoms with Gasteiger partial charge in [0.25, 0.3) is 0 Å². The molecular formula is C20H34N4O. The molecule has 0 radical (unpaired) electrons. The summed E-state index contributed by atoms with van der Waals surface area (Å²) in [6.45, 7) is 7.09. The Balaban J connectivity index is 1.65. The molecule has 3 aliphatic rings. The summed E-state index contributed by atoms with van der Waals surface area (Å²) in [5.74, 6) is 0.817. The molecule has 2 saturated heterocycles. The maximum atomic E-state index is 6.10. The molecule has 0 saturated carbocycles. The van der Waals surface area contributed by atoms with Crippen LogP contribution in [0, 0.1) is 0 Å². The molecule has 0 aromatic rings. The Morgan fingerprint density at radius 1 is 1.04 bits per heavy atom. The predicted molar refractivity (Wildman–Crippen MR) is 103 cm³/mol. The van der Waals surface area contributed by atoms with Crippen LogP contribution >= 0.6 is 0 Å². The van der Waals surface area contributed by atoms with Crippen LogP contribution in [0.15, 0.2) is 35.4 Å². The van der Waals surface area contributed by atoms with Gasteiger partial charge in [0.2, 0.25) is 0 Å². The van der Waals surface area contributed by atoms with E-state index in [0.29, 0.717) is 0 Å². The lowest BCUT2D eigenvalue weighted by Crippen LogP contribution is -2.50. The number of ether oxygens (including phenoxy) is 1. The van der Waals surface area contributed by atoms with Gasteiger partial charge in [0.1, 0.15) is 5.76 Å². The number of piperazine rings is 1. The Morgan fingerprint density at radius 2 is 1.84 bits per heavy atom. The van der Waals surface area contributed by atoms with Crippen molar-refractivity contribution in [1.29, 1.82) is 0 Å². The Labute approximate surface area is 152 Å². The average Bonchev–Trinajstić information content (AvgIpc) is 2.77. The quantitative estimate of drug-likeness (QED) is 0.848. The molecule has 3 rings (SSSR count). The van der Waals surface area contributed by atoms with Crippen molar-refractivity contribution in [2.45, 2.75) is 38.1 Å². The van der Waals surface area contributed by atoms with Gasteiger partial charge in [-0.25, -0.2) is 0 Å². The second-order valence-corrected chi connectivity index (χ2v) is 7.53. The van der Waals surface area contributed by atoms with Gasteiger partial charge in [0.15, 0.2) is 0 Å². The Morgan fingerprint density at radius 3 is 2.60 bits per heavy atom. The van der Waals surface area contributed by atoms with Crippen molar-refractivity contribution in [2.75, 3.05) is 53.4 Å². The van der Waals surface area contributed by atoms with E-state index in [-0.39, 0.29) is 0 Å². The summed E-state index contributed by atoms with van der Waals surface area (Å²) in [4.78, 5) is 7.69. The van der Waals surface area contributed by atoms with Gasteiger partial charge < -0.3 is 20.3 Å². The van der Waals surface area contributed by atoms with Crippen molar-refractivity contribution in [3.05, 3.63) is 35.4 Å². The van der Waals surface area contributed by atoms with Crippen molar-refractivity contribution in [1.82, 2.24) is 14.7 Å². The van der Waals surface area contributed by atoms with Crippen LogP contribution in [0.1, 0.15) is 32.1 Å². The number of rotatable bonds is 3. The van der Waals surface area contributed by atoms with Crippen molar-refractivity contribution >= 4 is 0 Å². The summed E-state index contributed by atoms with van der Waals surface area (Å²) in [6.07, 6.45) is 12.4. The van der Waals surface area contributed by atoms with E-state index >= 15 is 0 Å². The van der Waals surface area contributed by atoms with E-state index in [1.54, 1.807) is 7.11 Å². The lowest BCUT2D eigenvalue weighted by atomic mass is 10.0. The summed E-state index contributed by atoms with van der Waals surface area (Å²) in [5, 5.41) is 0. The molecule has 0 spiro atoms. The number of likely N-dealkylation sites (N-methyl/N-ethyl adjacent to an activating group) is 1. The molecule has 0 amide bonds. The van der Waals surface area contributed by atoms with E-state index in [1.807, 2.05) is 0 Å². The molecule has 0 aromatic heterocycles. The first-order valence-corrected chi connectivity index (χ1v) is 9.76. The number of hydrogen-bond donors (Lipinski definition) is 1. The highest BCUT2D eigenvalue weighted by Gasteiger charge is 2.24. The summed E-state index contributed by atoms with van der Waals surface area (Å²) in [5.41, 5.74) is 8.16. The summed E-state index contributed by atoms with van der Waals surface area (Å²) < 4.78 is 5.49. The van der Waals surface area contributed by atoms with Crippen molar-refractivity contribution in [3.63, 3.8) is 0 Å². The number of nitrogens with two attached hydrogens (primary N) is 1. The molecule has 2 N–H and O–H groups in total. The Bertz CT molecular complexity index is 532. The third kappa shape index (κ3) is 4.79. The normalized spacial score (nSPS) is 27.5. The Kier molecular flexibility index (Phi) is 6.43. The van der Waals surface area contributed by atoms with Crippen LogP contribution in [-0.2, 0) is 4.74 Å².